The third-order valence-electron chi connectivity index (χ3n) is 4.04. The van der Waals surface area contributed by atoms with Crippen LogP contribution in [0.5, 0.6) is 0 Å². The van der Waals surface area contributed by atoms with Crippen molar-refractivity contribution in [1.82, 2.24) is 20.0 Å². The first-order valence-corrected chi connectivity index (χ1v) is 7.27. The van der Waals surface area contributed by atoms with Crippen molar-refractivity contribution < 1.29 is 4.52 Å². The molecule has 0 saturated heterocycles. The summed E-state index contributed by atoms with van der Waals surface area (Å²) >= 11 is 0. The van der Waals surface area contributed by atoms with E-state index in [4.69, 9.17) is 9.51 Å². The van der Waals surface area contributed by atoms with Gasteiger partial charge in [0.1, 0.15) is 11.6 Å². The Morgan fingerprint density at radius 1 is 1.40 bits per heavy atom. The predicted octanol–water partition coefficient (Wildman–Crippen LogP) is 2.21. The number of aryl methyl sites for hydroxylation is 1. The minimum atomic E-state index is 0.636. The lowest BCUT2D eigenvalue weighted by molar-refractivity contribution is 0.234. The minimum absolute atomic E-state index is 0.636. The second-order valence-corrected chi connectivity index (χ2v) is 5.86. The van der Waals surface area contributed by atoms with Gasteiger partial charge in [-0.25, -0.2) is 9.97 Å². The Balaban J connectivity index is 1.48. The van der Waals surface area contributed by atoms with Gasteiger partial charge in [0.15, 0.2) is 0 Å². The van der Waals surface area contributed by atoms with Gasteiger partial charge < -0.3 is 4.52 Å². The molecule has 0 bridgehead atoms. The third-order valence-corrected chi connectivity index (χ3v) is 4.04. The van der Waals surface area contributed by atoms with Crippen molar-refractivity contribution >= 4 is 0 Å². The summed E-state index contributed by atoms with van der Waals surface area (Å²) in [5.74, 6) is 2.57. The second kappa shape index (κ2) is 4.66. The van der Waals surface area contributed by atoms with Crippen LogP contribution in [0.4, 0.5) is 0 Å². The molecule has 0 spiro atoms. The topological polar surface area (TPSA) is 55.1 Å². The summed E-state index contributed by atoms with van der Waals surface area (Å²) in [5.41, 5.74) is 3.51. The van der Waals surface area contributed by atoms with Crippen LogP contribution in [0.3, 0.4) is 0 Å². The molecule has 2 aromatic rings. The normalized spacial score (nSPS) is 19.1. The molecule has 1 saturated carbocycles. The Labute approximate surface area is 118 Å². The fraction of sp³-hybridized carbons (Fsp3) is 0.533. The summed E-state index contributed by atoms with van der Waals surface area (Å²) < 4.78 is 5.12. The van der Waals surface area contributed by atoms with E-state index in [9.17, 15) is 0 Å². The van der Waals surface area contributed by atoms with E-state index in [1.807, 2.05) is 19.2 Å². The Kier molecular flexibility index (Phi) is 2.80. The zero-order chi connectivity index (χ0) is 13.5. The van der Waals surface area contributed by atoms with Crippen LogP contribution in [0.25, 0.3) is 0 Å². The lowest BCUT2D eigenvalue weighted by Crippen LogP contribution is -2.31. The predicted molar refractivity (Wildman–Crippen MR) is 73.1 cm³/mol. The van der Waals surface area contributed by atoms with Gasteiger partial charge in [0, 0.05) is 55.5 Å². The van der Waals surface area contributed by atoms with Gasteiger partial charge in [0.2, 0.25) is 0 Å². The molecule has 0 amide bonds. The summed E-state index contributed by atoms with van der Waals surface area (Å²) in [6.45, 7) is 4.70. The van der Waals surface area contributed by atoms with Gasteiger partial charge in [0.25, 0.3) is 0 Å². The highest BCUT2D eigenvalue weighted by Gasteiger charge is 2.28. The first kappa shape index (κ1) is 12.0. The van der Waals surface area contributed by atoms with Crippen molar-refractivity contribution in [3.8, 4) is 0 Å². The molecule has 20 heavy (non-hydrogen) atoms. The highest BCUT2D eigenvalue weighted by Crippen LogP contribution is 2.38. The number of hydrogen-bond donors (Lipinski definition) is 0. The second-order valence-electron chi connectivity index (χ2n) is 5.86. The summed E-state index contributed by atoms with van der Waals surface area (Å²) in [4.78, 5) is 11.7. The number of fused-ring (bicyclic) bond motifs is 1. The number of nitrogens with zero attached hydrogens (tertiary/aromatic N) is 4. The molecule has 0 N–H and O–H groups in total. The van der Waals surface area contributed by atoms with Crippen LogP contribution in [-0.4, -0.2) is 26.6 Å². The maximum Gasteiger partial charge on any atom is 0.133 e. The number of aromatic nitrogens is 3. The first-order chi connectivity index (χ1) is 9.78. The molecule has 2 aliphatic rings. The van der Waals surface area contributed by atoms with Crippen LogP contribution < -0.4 is 0 Å². The van der Waals surface area contributed by atoms with E-state index in [1.54, 1.807) is 0 Å². The van der Waals surface area contributed by atoms with E-state index in [2.05, 4.69) is 15.0 Å². The molecule has 104 valence electrons. The van der Waals surface area contributed by atoms with E-state index < -0.39 is 0 Å². The molecule has 5 nitrogen and oxygen atoms in total. The van der Waals surface area contributed by atoms with Gasteiger partial charge in [-0.15, -0.1) is 0 Å². The van der Waals surface area contributed by atoms with Crippen LogP contribution >= 0.6 is 0 Å². The van der Waals surface area contributed by atoms with Crippen LogP contribution in [0.1, 0.15) is 47.3 Å². The maximum atomic E-state index is 5.12. The molecule has 3 heterocycles. The molecular weight excluding hydrogens is 252 g/mol. The average molecular weight is 270 g/mol. The molecule has 0 radical (unpaired) electrons. The van der Waals surface area contributed by atoms with Gasteiger partial charge in [0.05, 0.1) is 5.69 Å². The Morgan fingerprint density at radius 3 is 3.05 bits per heavy atom. The Bertz CT molecular complexity index is 633. The van der Waals surface area contributed by atoms with Crippen LogP contribution in [0.15, 0.2) is 16.8 Å². The van der Waals surface area contributed by atoms with Crippen molar-refractivity contribution in [1.29, 1.82) is 0 Å². The van der Waals surface area contributed by atoms with E-state index >= 15 is 0 Å². The molecule has 1 aliphatic carbocycles. The molecule has 1 fully saturated rings. The van der Waals surface area contributed by atoms with Crippen LogP contribution in [0, 0.1) is 6.92 Å². The Morgan fingerprint density at radius 2 is 2.30 bits per heavy atom. The summed E-state index contributed by atoms with van der Waals surface area (Å²) in [6.07, 6.45) is 5.55. The van der Waals surface area contributed by atoms with Gasteiger partial charge in [-0.1, -0.05) is 5.16 Å². The average Bonchev–Trinajstić information content (AvgIpc) is 3.22. The summed E-state index contributed by atoms with van der Waals surface area (Å²) in [7, 11) is 0. The van der Waals surface area contributed by atoms with Gasteiger partial charge >= 0.3 is 0 Å². The zero-order valence-corrected chi connectivity index (χ0v) is 11.7. The van der Waals surface area contributed by atoms with E-state index in [1.165, 1.54) is 24.1 Å². The summed E-state index contributed by atoms with van der Waals surface area (Å²) in [6, 6.07) is 2.00. The SMILES string of the molecule is Cc1cc(CN2CCc3nc(C4CC4)ncc3C2)no1. The van der Waals surface area contributed by atoms with Gasteiger partial charge in [-0.3, -0.25) is 4.90 Å². The Hall–Kier alpha value is -1.75. The van der Waals surface area contributed by atoms with Crippen molar-refractivity contribution in [3.63, 3.8) is 0 Å². The molecular formula is C15H18N4O. The molecule has 0 aromatic carbocycles. The molecule has 1 aliphatic heterocycles. The minimum Gasteiger partial charge on any atom is -0.361 e. The van der Waals surface area contributed by atoms with E-state index in [0.717, 1.165) is 43.3 Å². The lowest BCUT2D eigenvalue weighted by atomic mass is 10.1. The maximum absolute atomic E-state index is 5.12. The smallest absolute Gasteiger partial charge is 0.133 e. The number of rotatable bonds is 3. The zero-order valence-electron chi connectivity index (χ0n) is 11.7. The van der Waals surface area contributed by atoms with Crippen molar-refractivity contribution in [2.24, 2.45) is 0 Å². The fourth-order valence-corrected chi connectivity index (χ4v) is 2.78. The highest BCUT2D eigenvalue weighted by atomic mass is 16.5. The molecule has 0 unspecified atom stereocenters. The van der Waals surface area contributed by atoms with Crippen LogP contribution in [-0.2, 0) is 19.5 Å². The lowest BCUT2D eigenvalue weighted by Gasteiger charge is -2.27. The highest BCUT2D eigenvalue weighted by molar-refractivity contribution is 5.22. The molecule has 0 atom stereocenters. The first-order valence-electron chi connectivity index (χ1n) is 7.27. The fourth-order valence-electron chi connectivity index (χ4n) is 2.78. The van der Waals surface area contributed by atoms with Crippen molar-refractivity contribution in [2.45, 2.75) is 45.2 Å². The summed E-state index contributed by atoms with van der Waals surface area (Å²) in [5, 5.41) is 4.06. The molecule has 4 rings (SSSR count). The number of hydrogen-bond acceptors (Lipinski definition) is 5. The van der Waals surface area contributed by atoms with E-state index in [0.29, 0.717) is 5.92 Å². The van der Waals surface area contributed by atoms with Gasteiger partial charge in [-0.2, -0.15) is 0 Å². The standard InChI is InChI=1S/C15H18N4O/c1-10-6-13(18-20-10)9-19-5-4-14-12(8-19)7-16-15(17-14)11-2-3-11/h6-7,11H,2-5,8-9H2,1H3. The third kappa shape index (κ3) is 2.33. The largest absolute Gasteiger partial charge is 0.361 e. The monoisotopic (exact) mass is 270 g/mol. The molecule has 5 heteroatoms. The van der Waals surface area contributed by atoms with Crippen molar-refractivity contribution in [2.75, 3.05) is 6.54 Å². The van der Waals surface area contributed by atoms with Gasteiger partial charge in [-0.05, 0) is 19.8 Å². The molecule has 2 aromatic heterocycles. The van der Waals surface area contributed by atoms with Crippen LogP contribution in [0.2, 0.25) is 0 Å². The van der Waals surface area contributed by atoms with E-state index in [-0.39, 0.29) is 0 Å². The quantitative estimate of drug-likeness (QED) is 0.856. The van der Waals surface area contributed by atoms with Crippen molar-refractivity contribution in [3.05, 3.63) is 40.8 Å².